The third kappa shape index (κ3) is 1.19. The first kappa shape index (κ1) is 5.54. The fraction of sp³-hybridized carbons (Fsp3) is 0.571. The first-order chi connectivity index (χ1) is 3.79. The van der Waals surface area contributed by atoms with Crippen LogP contribution in [-0.4, -0.2) is 12.3 Å². The molecule has 0 aromatic carbocycles. The van der Waals surface area contributed by atoms with Gasteiger partial charge in [-0.2, -0.15) is 0 Å². The highest BCUT2D eigenvalue weighted by Crippen LogP contribution is 2.03. The second-order valence-corrected chi connectivity index (χ2v) is 2.32. The fourth-order valence-corrected chi connectivity index (χ4v) is 0.705. The summed E-state index contributed by atoms with van der Waals surface area (Å²) < 4.78 is 0. The zero-order valence-electron chi connectivity index (χ0n) is 5.39. The molecule has 1 heterocycles. The van der Waals surface area contributed by atoms with Crippen molar-refractivity contribution in [3.05, 3.63) is 12.2 Å². The second kappa shape index (κ2) is 2.12. The van der Waals surface area contributed by atoms with E-state index in [0.29, 0.717) is 5.92 Å². The van der Waals surface area contributed by atoms with E-state index in [0.717, 1.165) is 12.3 Å². The van der Waals surface area contributed by atoms with Gasteiger partial charge in [0.25, 0.3) is 0 Å². The first-order valence-electron chi connectivity index (χ1n) is 2.98. The standard InChI is InChI=1S/C7H11N/c1-6-3-4-7(2)8-5-6/h3-4,6H,5H2,1-2H3/t6-/m1/s1. The van der Waals surface area contributed by atoms with Crippen molar-refractivity contribution in [2.24, 2.45) is 10.9 Å². The summed E-state index contributed by atoms with van der Waals surface area (Å²) in [4.78, 5) is 4.24. The van der Waals surface area contributed by atoms with Crippen LogP contribution < -0.4 is 0 Å². The lowest BCUT2D eigenvalue weighted by Crippen LogP contribution is -2.03. The number of dihydropyridines is 1. The predicted molar refractivity (Wildman–Crippen MR) is 36.3 cm³/mol. The Morgan fingerprint density at radius 2 is 2.50 bits per heavy atom. The minimum Gasteiger partial charge on any atom is -0.289 e. The molecule has 0 fully saturated rings. The molecule has 0 aliphatic carbocycles. The molecular formula is C7H11N. The van der Waals surface area contributed by atoms with Crippen LogP contribution in [0.3, 0.4) is 0 Å². The number of hydrogen-bond donors (Lipinski definition) is 0. The van der Waals surface area contributed by atoms with Gasteiger partial charge in [0.05, 0.1) is 0 Å². The Kier molecular flexibility index (Phi) is 1.47. The van der Waals surface area contributed by atoms with Crippen LogP contribution in [0.2, 0.25) is 0 Å². The average molecular weight is 109 g/mol. The summed E-state index contributed by atoms with van der Waals surface area (Å²) in [6.07, 6.45) is 4.27. The van der Waals surface area contributed by atoms with Gasteiger partial charge in [0, 0.05) is 12.3 Å². The Morgan fingerprint density at radius 3 is 2.88 bits per heavy atom. The lowest BCUT2D eigenvalue weighted by molar-refractivity contribution is 0.733. The first-order valence-corrected chi connectivity index (χ1v) is 2.98. The van der Waals surface area contributed by atoms with Crippen LogP contribution in [0.4, 0.5) is 0 Å². The van der Waals surface area contributed by atoms with Gasteiger partial charge in [0.15, 0.2) is 0 Å². The highest BCUT2D eigenvalue weighted by Gasteiger charge is 1.98. The highest BCUT2D eigenvalue weighted by molar-refractivity contribution is 5.93. The van der Waals surface area contributed by atoms with E-state index in [-0.39, 0.29) is 0 Å². The molecule has 1 heteroatoms. The van der Waals surface area contributed by atoms with E-state index in [1.165, 1.54) is 0 Å². The molecule has 0 amide bonds. The van der Waals surface area contributed by atoms with Crippen molar-refractivity contribution in [3.63, 3.8) is 0 Å². The molecule has 1 rings (SSSR count). The lowest BCUT2D eigenvalue weighted by atomic mass is 10.1. The largest absolute Gasteiger partial charge is 0.289 e. The van der Waals surface area contributed by atoms with Gasteiger partial charge in [-0.15, -0.1) is 0 Å². The third-order valence-electron chi connectivity index (χ3n) is 1.29. The van der Waals surface area contributed by atoms with E-state index >= 15 is 0 Å². The molecule has 0 saturated carbocycles. The topological polar surface area (TPSA) is 12.4 Å². The predicted octanol–water partition coefficient (Wildman–Crippen LogP) is 1.65. The van der Waals surface area contributed by atoms with Crippen molar-refractivity contribution in [1.82, 2.24) is 0 Å². The minimum atomic E-state index is 0.652. The van der Waals surface area contributed by atoms with Crippen LogP contribution in [0, 0.1) is 5.92 Å². The molecule has 0 radical (unpaired) electrons. The van der Waals surface area contributed by atoms with E-state index in [1.54, 1.807) is 0 Å². The van der Waals surface area contributed by atoms with Crippen molar-refractivity contribution in [1.29, 1.82) is 0 Å². The average Bonchev–Trinajstić information content (AvgIpc) is 1.77. The Bertz CT molecular complexity index is 133. The highest BCUT2D eigenvalue weighted by atomic mass is 14.7. The van der Waals surface area contributed by atoms with E-state index in [2.05, 4.69) is 24.1 Å². The van der Waals surface area contributed by atoms with Gasteiger partial charge in [0.2, 0.25) is 0 Å². The summed E-state index contributed by atoms with van der Waals surface area (Å²) >= 11 is 0. The quantitative estimate of drug-likeness (QED) is 0.448. The number of rotatable bonds is 0. The van der Waals surface area contributed by atoms with Crippen LogP contribution in [0.15, 0.2) is 17.1 Å². The molecule has 1 aliphatic heterocycles. The monoisotopic (exact) mass is 109 g/mol. The van der Waals surface area contributed by atoms with Gasteiger partial charge < -0.3 is 0 Å². The lowest BCUT2D eigenvalue weighted by Gasteiger charge is -2.06. The third-order valence-corrected chi connectivity index (χ3v) is 1.29. The molecule has 44 valence electrons. The summed E-state index contributed by atoms with van der Waals surface area (Å²) in [6, 6.07) is 0. The van der Waals surface area contributed by atoms with Gasteiger partial charge in [0.1, 0.15) is 0 Å². The molecule has 0 N–H and O–H groups in total. The molecule has 0 aromatic rings. The zero-order valence-corrected chi connectivity index (χ0v) is 5.39. The Labute approximate surface area is 50.1 Å². The number of nitrogens with zero attached hydrogens (tertiary/aromatic N) is 1. The van der Waals surface area contributed by atoms with Crippen LogP contribution in [0.1, 0.15) is 13.8 Å². The van der Waals surface area contributed by atoms with E-state index in [4.69, 9.17) is 0 Å². The Morgan fingerprint density at radius 1 is 1.75 bits per heavy atom. The molecular weight excluding hydrogens is 98.1 g/mol. The van der Waals surface area contributed by atoms with Gasteiger partial charge >= 0.3 is 0 Å². The number of aliphatic imine (C=N–C) groups is 1. The molecule has 0 aromatic heterocycles. The smallest absolute Gasteiger partial charge is 0.0452 e. The number of allylic oxidation sites excluding steroid dienone is 1. The van der Waals surface area contributed by atoms with Crippen molar-refractivity contribution >= 4 is 5.71 Å². The summed E-state index contributed by atoms with van der Waals surface area (Å²) in [7, 11) is 0. The van der Waals surface area contributed by atoms with Crippen LogP contribution in [0.25, 0.3) is 0 Å². The normalized spacial score (nSPS) is 27.8. The molecule has 1 atom stereocenters. The number of hydrogen-bond acceptors (Lipinski definition) is 1. The summed E-state index contributed by atoms with van der Waals surface area (Å²) in [5, 5.41) is 0. The maximum absolute atomic E-state index is 4.24. The maximum atomic E-state index is 4.24. The minimum absolute atomic E-state index is 0.652. The van der Waals surface area contributed by atoms with Gasteiger partial charge in [-0.05, 0) is 18.9 Å². The summed E-state index contributed by atoms with van der Waals surface area (Å²) in [6.45, 7) is 5.18. The van der Waals surface area contributed by atoms with E-state index < -0.39 is 0 Å². The van der Waals surface area contributed by atoms with Gasteiger partial charge in [-0.25, -0.2) is 0 Å². The van der Waals surface area contributed by atoms with Gasteiger partial charge in [-0.1, -0.05) is 13.0 Å². The maximum Gasteiger partial charge on any atom is 0.0452 e. The zero-order chi connectivity index (χ0) is 5.98. The molecule has 0 spiro atoms. The summed E-state index contributed by atoms with van der Waals surface area (Å²) in [5.41, 5.74) is 1.16. The second-order valence-electron chi connectivity index (χ2n) is 2.32. The molecule has 0 unspecified atom stereocenters. The molecule has 1 aliphatic rings. The molecule has 1 nitrogen and oxygen atoms in total. The summed E-state index contributed by atoms with van der Waals surface area (Å²) in [5.74, 6) is 0.652. The van der Waals surface area contributed by atoms with Crippen molar-refractivity contribution in [2.45, 2.75) is 13.8 Å². The van der Waals surface area contributed by atoms with E-state index in [9.17, 15) is 0 Å². The van der Waals surface area contributed by atoms with Crippen molar-refractivity contribution in [2.75, 3.05) is 6.54 Å². The Hall–Kier alpha value is -0.590. The van der Waals surface area contributed by atoms with Crippen molar-refractivity contribution in [3.8, 4) is 0 Å². The van der Waals surface area contributed by atoms with Crippen LogP contribution in [-0.2, 0) is 0 Å². The van der Waals surface area contributed by atoms with Crippen LogP contribution in [0.5, 0.6) is 0 Å². The SMILES string of the molecule is CC1=NC[C@H](C)C=C1. The fourth-order valence-electron chi connectivity index (χ4n) is 0.705. The Balaban J connectivity index is 2.58. The molecule has 0 bridgehead atoms. The van der Waals surface area contributed by atoms with Crippen molar-refractivity contribution < 1.29 is 0 Å². The van der Waals surface area contributed by atoms with Crippen LogP contribution >= 0.6 is 0 Å². The molecule has 8 heavy (non-hydrogen) atoms. The van der Waals surface area contributed by atoms with Gasteiger partial charge in [-0.3, -0.25) is 4.99 Å². The molecule has 0 saturated heterocycles. The van der Waals surface area contributed by atoms with E-state index in [1.807, 2.05) is 6.92 Å².